The topological polar surface area (TPSA) is 52.2 Å². The molecular formula is C17H19N3O. The summed E-state index contributed by atoms with van der Waals surface area (Å²) in [5.74, 6) is 1.14. The fraction of sp³-hybridized carbons (Fsp3) is 0.353. The van der Waals surface area contributed by atoms with E-state index in [4.69, 9.17) is 9.68 Å². The monoisotopic (exact) mass is 281 g/mol. The van der Waals surface area contributed by atoms with Crippen molar-refractivity contribution < 1.29 is 4.42 Å². The maximum atomic E-state index is 8.78. The molecule has 1 aromatic heterocycles. The molecule has 2 aromatic rings. The van der Waals surface area contributed by atoms with E-state index >= 15 is 0 Å². The number of furan rings is 1. The van der Waals surface area contributed by atoms with E-state index in [-0.39, 0.29) is 0 Å². The predicted molar refractivity (Wildman–Crippen MR) is 83.3 cm³/mol. The first-order chi connectivity index (χ1) is 10.4. The van der Waals surface area contributed by atoms with Crippen LogP contribution in [0.3, 0.4) is 0 Å². The predicted octanol–water partition coefficient (Wildman–Crippen LogP) is 3.75. The Morgan fingerprint density at radius 3 is 2.67 bits per heavy atom. The second-order valence-electron chi connectivity index (χ2n) is 5.30. The fourth-order valence-corrected chi connectivity index (χ4v) is 2.75. The minimum atomic E-state index is 0.358. The molecule has 4 nitrogen and oxygen atoms in total. The van der Waals surface area contributed by atoms with Crippen LogP contribution in [0.4, 0.5) is 11.4 Å². The fourth-order valence-electron chi connectivity index (χ4n) is 2.75. The summed E-state index contributed by atoms with van der Waals surface area (Å²) in [5, 5.41) is 12.2. The van der Waals surface area contributed by atoms with Crippen LogP contribution < -0.4 is 10.2 Å². The average Bonchev–Trinajstić information content (AvgIpc) is 3.02. The molecule has 0 aliphatic carbocycles. The molecule has 1 aliphatic heterocycles. The van der Waals surface area contributed by atoms with Crippen LogP contribution in [-0.2, 0) is 6.54 Å². The molecule has 0 atom stereocenters. The molecule has 1 aliphatic rings. The standard InChI is InChI=1S/C17H19N3O/c18-12-14-8-9-15(21-14)13-19-16-6-2-3-7-17(16)20-10-4-1-5-11-20/h2-3,6-9,19H,1,4-5,10-11,13H2. The van der Waals surface area contributed by atoms with Crippen LogP contribution in [0.2, 0.25) is 0 Å². The van der Waals surface area contributed by atoms with Crippen LogP contribution in [0.1, 0.15) is 30.8 Å². The number of piperidine rings is 1. The van der Waals surface area contributed by atoms with Crippen molar-refractivity contribution in [3.63, 3.8) is 0 Å². The zero-order valence-corrected chi connectivity index (χ0v) is 12.0. The van der Waals surface area contributed by atoms with Crippen LogP contribution in [0.15, 0.2) is 40.8 Å². The van der Waals surface area contributed by atoms with Crippen molar-refractivity contribution in [2.24, 2.45) is 0 Å². The molecule has 3 rings (SSSR count). The van der Waals surface area contributed by atoms with Crippen LogP contribution >= 0.6 is 0 Å². The Hall–Kier alpha value is -2.41. The molecule has 0 radical (unpaired) electrons. The molecule has 0 unspecified atom stereocenters. The van der Waals surface area contributed by atoms with Gasteiger partial charge in [-0.2, -0.15) is 5.26 Å². The Balaban J connectivity index is 1.71. The lowest BCUT2D eigenvalue weighted by Gasteiger charge is -2.30. The number of rotatable bonds is 4. The van der Waals surface area contributed by atoms with Crippen LogP contribution in [-0.4, -0.2) is 13.1 Å². The van der Waals surface area contributed by atoms with E-state index in [1.54, 1.807) is 6.07 Å². The normalized spacial score (nSPS) is 14.7. The maximum Gasteiger partial charge on any atom is 0.203 e. The lowest BCUT2D eigenvalue weighted by molar-refractivity contribution is 0.506. The summed E-state index contributed by atoms with van der Waals surface area (Å²) in [4.78, 5) is 2.44. The lowest BCUT2D eigenvalue weighted by atomic mass is 10.1. The van der Waals surface area contributed by atoms with Gasteiger partial charge in [0.1, 0.15) is 11.8 Å². The molecule has 0 amide bonds. The molecule has 0 bridgehead atoms. The van der Waals surface area contributed by atoms with Crippen molar-refractivity contribution in [3.8, 4) is 6.07 Å². The second-order valence-corrected chi connectivity index (χ2v) is 5.30. The highest BCUT2D eigenvalue weighted by Gasteiger charge is 2.14. The van der Waals surface area contributed by atoms with E-state index in [0.717, 1.165) is 24.5 Å². The largest absolute Gasteiger partial charge is 0.449 e. The highest BCUT2D eigenvalue weighted by Crippen LogP contribution is 2.28. The number of hydrogen-bond acceptors (Lipinski definition) is 4. The average molecular weight is 281 g/mol. The zero-order chi connectivity index (χ0) is 14.5. The van der Waals surface area contributed by atoms with Gasteiger partial charge >= 0.3 is 0 Å². The minimum Gasteiger partial charge on any atom is -0.449 e. The van der Waals surface area contributed by atoms with E-state index in [1.807, 2.05) is 18.2 Å². The summed E-state index contributed by atoms with van der Waals surface area (Å²) in [7, 11) is 0. The molecule has 108 valence electrons. The van der Waals surface area contributed by atoms with Gasteiger partial charge in [-0.05, 0) is 43.5 Å². The van der Waals surface area contributed by atoms with E-state index in [9.17, 15) is 0 Å². The van der Waals surface area contributed by atoms with Crippen molar-refractivity contribution in [3.05, 3.63) is 47.9 Å². The summed E-state index contributed by atoms with van der Waals surface area (Å²) < 4.78 is 5.40. The molecule has 1 N–H and O–H groups in total. The molecule has 1 aromatic carbocycles. The maximum absolute atomic E-state index is 8.78. The van der Waals surface area contributed by atoms with E-state index in [0.29, 0.717) is 12.3 Å². The first kappa shape index (κ1) is 13.6. The Kier molecular flexibility index (Phi) is 4.11. The molecule has 1 fully saturated rings. The third-order valence-corrected chi connectivity index (χ3v) is 3.83. The summed E-state index contributed by atoms with van der Waals surface area (Å²) in [6.45, 7) is 2.84. The van der Waals surface area contributed by atoms with Gasteiger partial charge in [0.2, 0.25) is 5.76 Å². The highest BCUT2D eigenvalue weighted by atomic mass is 16.3. The van der Waals surface area contributed by atoms with Crippen LogP contribution in [0.25, 0.3) is 0 Å². The highest BCUT2D eigenvalue weighted by molar-refractivity contribution is 5.70. The smallest absolute Gasteiger partial charge is 0.203 e. The van der Waals surface area contributed by atoms with E-state index in [1.165, 1.54) is 24.9 Å². The molecule has 1 saturated heterocycles. The van der Waals surface area contributed by atoms with Gasteiger partial charge < -0.3 is 14.6 Å². The summed E-state index contributed by atoms with van der Waals surface area (Å²) >= 11 is 0. The van der Waals surface area contributed by atoms with Crippen LogP contribution in [0.5, 0.6) is 0 Å². The number of anilines is 2. The Morgan fingerprint density at radius 2 is 1.90 bits per heavy atom. The van der Waals surface area contributed by atoms with E-state index < -0.39 is 0 Å². The molecule has 4 heteroatoms. The van der Waals surface area contributed by atoms with Gasteiger partial charge in [-0.3, -0.25) is 0 Å². The van der Waals surface area contributed by atoms with Gasteiger partial charge in [0.25, 0.3) is 0 Å². The third kappa shape index (κ3) is 3.19. The van der Waals surface area contributed by atoms with Gasteiger partial charge in [-0.25, -0.2) is 0 Å². The number of nitrogens with one attached hydrogen (secondary N) is 1. The van der Waals surface area contributed by atoms with Gasteiger partial charge in [0, 0.05) is 13.1 Å². The van der Waals surface area contributed by atoms with Crippen molar-refractivity contribution in [1.29, 1.82) is 5.26 Å². The molecule has 0 spiro atoms. The zero-order valence-electron chi connectivity index (χ0n) is 12.0. The minimum absolute atomic E-state index is 0.358. The Bertz CT molecular complexity index is 635. The second kappa shape index (κ2) is 6.36. The first-order valence-corrected chi connectivity index (χ1v) is 7.43. The first-order valence-electron chi connectivity index (χ1n) is 7.43. The Labute approximate surface area is 125 Å². The number of hydrogen-bond donors (Lipinski definition) is 1. The molecule has 0 saturated carbocycles. The molecule has 2 heterocycles. The number of benzene rings is 1. The quantitative estimate of drug-likeness (QED) is 0.927. The summed E-state index contributed by atoms with van der Waals surface area (Å²) in [6, 6.07) is 13.9. The van der Waals surface area contributed by atoms with Crippen molar-refractivity contribution in [2.45, 2.75) is 25.8 Å². The van der Waals surface area contributed by atoms with E-state index in [2.05, 4.69) is 28.4 Å². The lowest BCUT2D eigenvalue weighted by Crippen LogP contribution is -2.30. The van der Waals surface area contributed by atoms with Gasteiger partial charge in [0.15, 0.2) is 0 Å². The van der Waals surface area contributed by atoms with Gasteiger partial charge in [0.05, 0.1) is 17.9 Å². The third-order valence-electron chi connectivity index (χ3n) is 3.83. The van der Waals surface area contributed by atoms with Crippen molar-refractivity contribution in [2.75, 3.05) is 23.3 Å². The SMILES string of the molecule is N#Cc1ccc(CNc2ccccc2N2CCCCC2)o1. The van der Waals surface area contributed by atoms with Crippen molar-refractivity contribution >= 4 is 11.4 Å². The van der Waals surface area contributed by atoms with Crippen molar-refractivity contribution in [1.82, 2.24) is 0 Å². The van der Waals surface area contributed by atoms with Gasteiger partial charge in [-0.1, -0.05) is 12.1 Å². The summed E-state index contributed by atoms with van der Waals surface area (Å²) in [5.41, 5.74) is 2.37. The van der Waals surface area contributed by atoms with Crippen LogP contribution in [0, 0.1) is 11.3 Å². The number of nitrogens with zero attached hydrogens (tertiary/aromatic N) is 2. The Morgan fingerprint density at radius 1 is 1.10 bits per heavy atom. The number of nitriles is 1. The molecular weight excluding hydrogens is 262 g/mol. The van der Waals surface area contributed by atoms with Gasteiger partial charge in [-0.15, -0.1) is 0 Å². The number of para-hydroxylation sites is 2. The summed E-state index contributed by atoms with van der Waals surface area (Å²) in [6.07, 6.45) is 3.85. The molecule has 21 heavy (non-hydrogen) atoms.